The van der Waals surface area contributed by atoms with Gasteiger partial charge in [-0.05, 0) is 43.9 Å². The molecule has 1 fully saturated rings. The molecule has 0 aliphatic heterocycles. The molecule has 148 valence electrons. The van der Waals surface area contributed by atoms with Gasteiger partial charge in [-0.1, -0.05) is 36.0 Å². The molecule has 0 radical (unpaired) electrons. The van der Waals surface area contributed by atoms with Gasteiger partial charge in [-0.2, -0.15) is 4.98 Å². The lowest BCUT2D eigenvalue weighted by Crippen LogP contribution is -2.31. The number of benzene rings is 1. The second-order valence-electron chi connectivity index (χ2n) is 8.06. The van der Waals surface area contributed by atoms with Gasteiger partial charge in [0.05, 0.1) is 0 Å². The largest absolute Gasteiger partial charge is 0.351 e. The number of aromatic nitrogens is 3. The van der Waals surface area contributed by atoms with Crippen LogP contribution >= 0.6 is 0 Å². The SMILES string of the molecule is Cc1ccc2[nH]c(-c3nc(CCN(C)C(=O)CC4CCCCC4)no3)cc2c1. The van der Waals surface area contributed by atoms with Gasteiger partial charge >= 0.3 is 0 Å². The van der Waals surface area contributed by atoms with Crippen LogP contribution in [0.15, 0.2) is 28.8 Å². The molecule has 1 amide bonds. The number of amides is 1. The summed E-state index contributed by atoms with van der Waals surface area (Å²) in [7, 11) is 1.87. The third kappa shape index (κ3) is 4.26. The quantitative estimate of drug-likeness (QED) is 0.683. The van der Waals surface area contributed by atoms with Crippen molar-refractivity contribution in [3.05, 3.63) is 35.7 Å². The van der Waals surface area contributed by atoms with Crippen LogP contribution in [0.2, 0.25) is 0 Å². The van der Waals surface area contributed by atoms with Crippen molar-refractivity contribution in [2.75, 3.05) is 13.6 Å². The van der Waals surface area contributed by atoms with E-state index in [4.69, 9.17) is 4.52 Å². The first-order valence-electron chi connectivity index (χ1n) is 10.2. The third-order valence-corrected chi connectivity index (χ3v) is 5.76. The Hall–Kier alpha value is -2.63. The lowest BCUT2D eigenvalue weighted by Gasteiger charge is -2.24. The monoisotopic (exact) mass is 380 g/mol. The van der Waals surface area contributed by atoms with E-state index >= 15 is 0 Å². The average molecular weight is 380 g/mol. The summed E-state index contributed by atoms with van der Waals surface area (Å²) in [6.45, 7) is 2.68. The minimum atomic E-state index is 0.224. The highest BCUT2D eigenvalue weighted by Gasteiger charge is 2.20. The summed E-state index contributed by atoms with van der Waals surface area (Å²) in [6.07, 6.45) is 7.49. The van der Waals surface area contributed by atoms with E-state index in [9.17, 15) is 4.79 Å². The Bertz CT molecular complexity index is 953. The maximum absolute atomic E-state index is 12.4. The molecule has 1 aliphatic carbocycles. The standard InChI is InChI=1S/C22H28N4O2/c1-15-8-9-18-17(12-15)14-19(23-18)22-24-20(25-28-22)10-11-26(2)21(27)13-16-6-4-3-5-7-16/h8-9,12,14,16,23H,3-7,10-11,13H2,1-2H3. The molecule has 1 N–H and O–H groups in total. The van der Waals surface area contributed by atoms with Gasteiger partial charge in [-0.25, -0.2) is 0 Å². The number of hydrogen-bond donors (Lipinski definition) is 1. The highest BCUT2D eigenvalue weighted by molar-refractivity contribution is 5.85. The van der Waals surface area contributed by atoms with Crippen LogP contribution in [0, 0.1) is 12.8 Å². The maximum atomic E-state index is 12.4. The Morgan fingerprint density at radius 1 is 1.25 bits per heavy atom. The number of aryl methyl sites for hydroxylation is 1. The molecule has 0 spiro atoms. The van der Waals surface area contributed by atoms with Crippen LogP contribution in [-0.4, -0.2) is 39.5 Å². The number of carbonyl (C=O) groups is 1. The van der Waals surface area contributed by atoms with Gasteiger partial charge in [0, 0.05) is 37.3 Å². The molecule has 28 heavy (non-hydrogen) atoms. The molecule has 0 saturated heterocycles. The molecule has 0 atom stereocenters. The van der Waals surface area contributed by atoms with Gasteiger partial charge in [0.25, 0.3) is 5.89 Å². The fraction of sp³-hybridized carbons (Fsp3) is 0.500. The van der Waals surface area contributed by atoms with Crippen LogP contribution < -0.4 is 0 Å². The normalized spacial score (nSPS) is 15.2. The minimum absolute atomic E-state index is 0.224. The Morgan fingerprint density at radius 3 is 2.89 bits per heavy atom. The molecular formula is C22H28N4O2. The summed E-state index contributed by atoms with van der Waals surface area (Å²) in [5.41, 5.74) is 3.08. The van der Waals surface area contributed by atoms with Crippen LogP contribution in [0.3, 0.4) is 0 Å². The Morgan fingerprint density at radius 2 is 2.07 bits per heavy atom. The van der Waals surface area contributed by atoms with Gasteiger partial charge in [0.1, 0.15) is 5.69 Å². The van der Waals surface area contributed by atoms with Crippen LogP contribution in [0.4, 0.5) is 0 Å². The van der Waals surface area contributed by atoms with Crippen molar-refractivity contribution in [3.63, 3.8) is 0 Å². The number of carbonyl (C=O) groups excluding carboxylic acids is 1. The van der Waals surface area contributed by atoms with Crippen molar-refractivity contribution >= 4 is 16.8 Å². The lowest BCUT2D eigenvalue weighted by molar-refractivity contribution is -0.131. The van der Waals surface area contributed by atoms with Gasteiger partial charge in [-0.15, -0.1) is 0 Å². The van der Waals surface area contributed by atoms with Gasteiger partial charge < -0.3 is 14.4 Å². The van der Waals surface area contributed by atoms with Gasteiger partial charge in [0.15, 0.2) is 5.82 Å². The minimum Gasteiger partial charge on any atom is -0.351 e. The predicted octanol–water partition coefficient (Wildman–Crippen LogP) is 4.50. The highest BCUT2D eigenvalue weighted by atomic mass is 16.5. The Balaban J connectivity index is 1.34. The zero-order valence-corrected chi connectivity index (χ0v) is 16.7. The lowest BCUT2D eigenvalue weighted by atomic mass is 9.87. The van der Waals surface area contributed by atoms with Crippen LogP contribution in [0.25, 0.3) is 22.5 Å². The van der Waals surface area contributed by atoms with E-state index in [0.29, 0.717) is 37.0 Å². The zero-order chi connectivity index (χ0) is 19.5. The van der Waals surface area contributed by atoms with E-state index in [1.165, 1.54) is 37.7 Å². The summed E-state index contributed by atoms with van der Waals surface area (Å²) >= 11 is 0. The Kier molecular flexibility index (Phi) is 5.46. The van der Waals surface area contributed by atoms with E-state index in [-0.39, 0.29) is 5.91 Å². The summed E-state index contributed by atoms with van der Waals surface area (Å²) in [4.78, 5) is 22.1. The number of aromatic amines is 1. The van der Waals surface area contributed by atoms with E-state index in [2.05, 4.69) is 40.2 Å². The number of likely N-dealkylation sites (N-methyl/N-ethyl adjacent to an activating group) is 1. The predicted molar refractivity (Wildman–Crippen MR) is 109 cm³/mol. The number of rotatable bonds is 6. The third-order valence-electron chi connectivity index (χ3n) is 5.76. The highest BCUT2D eigenvalue weighted by Crippen LogP contribution is 2.27. The number of fused-ring (bicyclic) bond motifs is 1. The maximum Gasteiger partial charge on any atom is 0.274 e. The zero-order valence-electron chi connectivity index (χ0n) is 16.7. The van der Waals surface area contributed by atoms with Gasteiger partial charge in [0.2, 0.25) is 5.91 Å². The molecule has 6 heteroatoms. The second kappa shape index (κ2) is 8.17. The number of H-pyrrole nitrogens is 1. The fourth-order valence-electron chi connectivity index (χ4n) is 4.02. The topological polar surface area (TPSA) is 75.0 Å². The molecule has 1 saturated carbocycles. The van der Waals surface area contributed by atoms with Crippen molar-refractivity contribution in [1.29, 1.82) is 0 Å². The van der Waals surface area contributed by atoms with Crippen molar-refractivity contribution in [2.45, 2.75) is 51.9 Å². The number of hydrogen-bond acceptors (Lipinski definition) is 4. The van der Waals surface area contributed by atoms with Crippen molar-refractivity contribution in [2.24, 2.45) is 5.92 Å². The van der Waals surface area contributed by atoms with Crippen molar-refractivity contribution < 1.29 is 9.32 Å². The first-order chi connectivity index (χ1) is 13.6. The number of nitrogens with zero attached hydrogens (tertiary/aromatic N) is 3. The molecule has 1 aromatic carbocycles. The van der Waals surface area contributed by atoms with Gasteiger partial charge in [-0.3, -0.25) is 4.79 Å². The average Bonchev–Trinajstić information content (AvgIpc) is 3.33. The molecular weight excluding hydrogens is 352 g/mol. The molecule has 2 aromatic heterocycles. The molecule has 2 heterocycles. The van der Waals surface area contributed by atoms with Crippen molar-refractivity contribution in [1.82, 2.24) is 20.0 Å². The number of nitrogens with one attached hydrogen (secondary N) is 1. The summed E-state index contributed by atoms with van der Waals surface area (Å²) in [6, 6.07) is 8.28. The molecule has 3 aromatic rings. The molecule has 6 nitrogen and oxygen atoms in total. The van der Waals surface area contributed by atoms with Crippen LogP contribution in [0.5, 0.6) is 0 Å². The van der Waals surface area contributed by atoms with Crippen molar-refractivity contribution in [3.8, 4) is 11.6 Å². The summed E-state index contributed by atoms with van der Waals surface area (Å²) in [5.74, 6) is 1.90. The summed E-state index contributed by atoms with van der Waals surface area (Å²) < 4.78 is 5.43. The second-order valence-corrected chi connectivity index (χ2v) is 8.06. The fourth-order valence-corrected chi connectivity index (χ4v) is 4.02. The van der Waals surface area contributed by atoms with E-state index in [1.54, 1.807) is 4.90 Å². The van der Waals surface area contributed by atoms with E-state index in [0.717, 1.165) is 16.6 Å². The Labute approximate surface area is 165 Å². The smallest absolute Gasteiger partial charge is 0.274 e. The van der Waals surface area contributed by atoms with Crippen LogP contribution in [0.1, 0.15) is 49.9 Å². The molecule has 0 bridgehead atoms. The van der Waals surface area contributed by atoms with E-state index < -0.39 is 0 Å². The summed E-state index contributed by atoms with van der Waals surface area (Å²) in [5, 5.41) is 5.21. The first kappa shape index (κ1) is 18.7. The van der Waals surface area contributed by atoms with E-state index in [1.807, 2.05) is 13.1 Å². The molecule has 4 rings (SSSR count). The molecule has 1 aliphatic rings. The van der Waals surface area contributed by atoms with Crippen LogP contribution in [-0.2, 0) is 11.2 Å². The molecule has 0 unspecified atom stereocenters. The first-order valence-corrected chi connectivity index (χ1v) is 10.2.